The molecule has 1 rings (SSSR count). The van der Waals surface area contributed by atoms with Crippen LogP contribution in [0.4, 0.5) is 0 Å². The molecule has 78 valence electrons. The smallest absolute Gasteiger partial charge is 0.225 e. The molecule has 0 fully saturated rings. The molecule has 0 aliphatic rings. The van der Waals surface area contributed by atoms with E-state index in [1.54, 1.807) is 13.0 Å². The second-order valence-electron chi connectivity index (χ2n) is 3.44. The Kier molecular flexibility index (Phi) is 2.97. The summed E-state index contributed by atoms with van der Waals surface area (Å²) >= 11 is 0. The predicted octanol–water partition coefficient (Wildman–Crippen LogP) is 1.51. The lowest BCUT2D eigenvalue weighted by Crippen LogP contribution is -2.14. The standard InChI is InChI=1S/C10H15NO2S/c1-4-9-6-10(14(11,12)13)8(3)5-7(9)2/h5-6H,4H2,1-3H3,(H2,11,12,13). The van der Waals surface area contributed by atoms with Crippen LogP contribution in [0, 0.1) is 13.8 Å². The van der Waals surface area contributed by atoms with Crippen molar-refractivity contribution >= 4 is 10.0 Å². The molecule has 0 bridgehead atoms. The maximum atomic E-state index is 11.2. The number of hydrogen-bond acceptors (Lipinski definition) is 2. The van der Waals surface area contributed by atoms with E-state index in [-0.39, 0.29) is 4.90 Å². The average Bonchev–Trinajstić information content (AvgIpc) is 2.02. The zero-order chi connectivity index (χ0) is 10.9. The number of sulfonamides is 1. The molecule has 0 heterocycles. The molecule has 4 heteroatoms. The van der Waals surface area contributed by atoms with Crippen LogP contribution in [0.1, 0.15) is 23.6 Å². The Bertz CT molecular complexity index is 449. The van der Waals surface area contributed by atoms with Crippen LogP contribution in [-0.4, -0.2) is 8.42 Å². The number of aryl methyl sites for hydroxylation is 3. The van der Waals surface area contributed by atoms with E-state index >= 15 is 0 Å². The summed E-state index contributed by atoms with van der Waals surface area (Å²) in [5.41, 5.74) is 2.85. The number of rotatable bonds is 2. The van der Waals surface area contributed by atoms with Crippen molar-refractivity contribution in [2.24, 2.45) is 5.14 Å². The topological polar surface area (TPSA) is 60.2 Å². The van der Waals surface area contributed by atoms with Crippen LogP contribution >= 0.6 is 0 Å². The summed E-state index contributed by atoms with van der Waals surface area (Å²) in [6.45, 7) is 5.72. The summed E-state index contributed by atoms with van der Waals surface area (Å²) in [7, 11) is -3.58. The zero-order valence-electron chi connectivity index (χ0n) is 8.66. The molecule has 0 saturated carbocycles. The Morgan fingerprint density at radius 3 is 2.21 bits per heavy atom. The van der Waals surface area contributed by atoms with Gasteiger partial charge in [0.25, 0.3) is 0 Å². The molecular formula is C10H15NO2S. The van der Waals surface area contributed by atoms with Gasteiger partial charge in [-0.1, -0.05) is 13.0 Å². The van der Waals surface area contributed by atoms with Crippen molar-refractivity contribution in [2.45, 2.75) is 32.1 Å². The van der Waals surface area contributed by atoms with Crippen LogP contribution in [0.15, 0.2) is 17.0 Å². The van der Waals surface area contributed by atoms with E-state index in [4.69, 9.17) is 5.14 Å². The van der Waals surface area contributed by atoms with Crippen molar-refractivity contribution in [1.29, 1.82) is 0 Å². The van der Waals surface area contributed by atoms with Crippen molar-refractivity contribution in [2.75, 3.05) is 0 Å². The second kappa shape index (κ2) is 3.71. The first-order chi connectivity index (χ1) is 6.36. The van der Waals surface area contributed by atoms with Crippen molar-refractivity contribution < 1.29 is 8.42 Å². The third kappa shape index (κ3) is 2.13. The van der Waals surface area contributed by atoms with Crippen LogP contribution in [0.2, 0.25) is 0 Å². The molecule has 0 unspecified atom stereocenters. The fraction of sp³-hybridized carbons (Fsp3) is 0.400. The quantitative estimate of drug-likeness (QED) is 0.809. The molecule has 0 saturated heterocycles. The van der Waals surface area contributed by atoms with Crippen molar-refractivity contribution in [3.05, 3.63) is 28.8 Å². The van der Waals surface area contributed by atoms with E-state index in [2.05, 4.69) is 0 Å². The van der Waals surface area contributed by atoms with Gasteiger partial charge in [0.05, 0.1) is 4.90 Å². The Morgan fingerprint density at radius 1 is 1.21 bits per heavy atom. The van der Waals surface area contributed by atoms with Gasteiger partial charge in [-0.15, -0.1) is 0 Å². The molecule has 0 aliphatic carbocycles. The molecule has 0 atom stereocenters. The predicted molar refractivity (Wildman–Crippen MR) is 56.7 cm³/mol. The van der Waals surface area contributed by atoms with Gasteiger partial charge in [0.2, 0.25) is 10.0 Å². The number of hydrogen-bond donors (Lipinski definition) is 1. The molecule has 0 radical (unpaired) electrons. The Hall–Kier alpha value is -0.870. The van der Waals surface area contributed by atoms with E-state index < -0.39 is 10.0 Å². The molecule has 0 amide bonds. The van der Waals surface area contributed by atoms with Crippen molar-refractivity contribution in [3.8, 4) is 0 Å². The maximum absolute atomic E-state index is 11.2. The Balaban J connectivity index is 3.47. The van der Waals surface area contributed by atoms with Gasteiger partial charge in [0, 0.05) is 0 Å². The minimum atomic E-state index is -3.58. The third-order valence-electron chi connectivity index (χ3n) is 2.32. The van der Waals surface area contributed by atoms with Gasteiger partial charge in [-0.2, -0.15) is 0 Å². The zero-order valence-corrected chi connectivity index (χ0v) is 9.48. The lowest BCUT2D eigenvalue weighted by Gasteiger charge is -2.09. The number of primary sulfonamides is 1. The van der Waals surface area contributed by atoms with Crippen LogP contribution in [-0.2, 0) is 16.4 Å². The third-order valence-corrected chi connectivity index (χ3v) is 3.37. The average molecular weight is 213 g/mol. The van der Waals surface area contributed by atoms with Gasteiger partial charge in [-0.05, 0) is 43.0 Å². The first-order valence-corrected chi connectivity index (χ1v) is 6.03. The summed E-state index contributed by atoms with van der Waals surface area (Å²) in [6.07, 6.45) is 0.814. The first-order valence-electron chi connectivity index (χ1n) is 4.49. The van der Waals surface area contributed by atoms with Crippen molar-refractivity contribution in [1.82, 2.24) is 0 Å². The number of nitrogens with two attached hydrogens (primary N) is 1. The molecule has 0 aromatic heterocycles. The highest BCUT2D eigenvalue weighted by Gasteiger charge is 2.12. The lowest BCUT2D eigenvalue weighted by atomic mass is 10.0. The van der Waals surface area contributed by atoms with Gasteiger partial charge in [-0.25, -0.2) is 13.6 Å². The van der Waals surface area contributed by atoms with E-state index in [0.29, 0.717) is 5.56 Å². The molecule has 1 aromatic carbocycles. The van der Waals surface area contributed by atoms with E-state index in [9.17, 15) is 8.42 Å². The van der Waals surface area contributed by atoms with Crippen LogP contribution in [0.3, 0.4) is 0 Å². The van der Waals surface area contributed by atoms with Crippen molar-refractivity contribution in [3.63, 3.8) is 0 Å². The van der Waals surface area contributed by atoms with E-state index in [1.807, 2.05) is 19.9 Å². The van der Waals surface area contributed by atoms with Gasteiger partial charge in [0.15, 0.2) is 0 Å². The monoisotopic (exact) mass is 213 g/mol. The molecule has 1 aromatic rings. The summed E-state index contributed by atoms with van der Waals surface area (Å²) < 4.78 is 22.4. The maximum Gasteiger partial charge on any atom is 0.238 e. The normalized spacial score (nSPS) is 11.7. The molecule has 3 nitrogen and oxygen atoms in total. The molecule has 0 spiro atoms. The lowest BCUT2D eigenvalue weighted by molar-refractivity contribution is 0.597. The second-order valence-corrected chi connectivity index (χ2v) is 4.97. The molecule has 2 N–H and O–H groups in total. The fourth-order valence-corrected chi connectivity index (χ4v) is 2.38. The van der Waals surface area contributed by atoms with Crippen LogP contribution in [0.5, 0.6) is 0 Å². The van der Waals surface area contributed by atoms with Gasteiger partial charge in [-0.3, -0.25) is 0 Å². The molecule has 14 heavy (non-hydrogen) atoms. The summed E-state index contributed by atoms with van der Waals surface area (Å²) in [4.78, 5) is 0.236. The largest absolute Gasteiger partial charge is 0.238 e. The first kappa shape index (κ1) is 11.2. The highest BCUT2D eigenvalue weighted by molar-refractivity contribution is 7.89. The van der Waals surface area contributed by atoms with Crippen LogP contribution in [0.25, 0.3) is 0 Å². The minimum absolute atomic E-state index is 0.236. The van der Waals surface area contributed by atoms with E-state index in [1.165, 1.54) is 0 Å². The summed E-state index contributed by atoms with van der Waals surface area (Å²) in [5.74, 6) is 0. The molecule has 0 aliphatic heterocycles. The Labute approximate surface area is 85.0 Å². The van der Waals surface area contributed by atoms with Gasteiger partial charge in [0.1, 0.15) is 0 Å². The summed E-state index contributed by atoms with van der Waals surface area (Å²) in [5, 5.41) is 5.10. The highest BCUT2D eigenvalue weighted by atomic mass is 32.2. The summed E-state index contributed by atoms with van der Waals surface area (Å²) in [6, 6.07) is 3.53. The Morgan fingerprint density at radius 2 is 1.79 bits per heavy atom. The van der Waals surface area contributed by atoms with Crippen LogP contribution < -0.4 is 5.14 Å². The van der Waals surface area contributed by atoms with Gasteiger partial charge < -0.3 is 0 Å². The highest BCUT2D eigenvalue weighted by Crippen LogP contribution is 2.19. The SMILES string of the molecule is CCc1cc(S(N)(=O)=O)c(C)cc1C. The number of benzene rings is 1. The van der Waals surface area contributed by atoms with E-state index in [0.717, 1.165) is 17.5 Å². The van der Waals surface area contributed by atoms with Gasteiger partial charge >= 0.3 is 0 Å². The fourth-order valence-electron chi connectivity index (χ4n) is 1.56. The minimum Gasteiger partial charge on any atom is -0.225 e. The molecular weight excluding hydrogens is 198 g/mol.